The number of hydrazone groups is 2. The number of amides is 2. The van der Waals surface area contributed by atoms with Crippen LogP contribution in [-0.2, 0) is 9.59 Å². The van der Waals surface area contributed by atoms with Gasteiger partial charge in [-0.1, -0.05) is 38.3 Å². The fourth-order valence-corrected chi connectivity index (χ4v) is 5.09. The first-order valence-electron chi connectivity index (χ1n) is 9.67. The van der Waals surface area contributed by atoms with Crippen molar-refractivity contribution >= 4 is 88.0 Å². The van der Waals surface area contributed by atoms with E-state index >= 15 is 0 Å². The number of nitrogens with zero attached hydrogens (tertiary/aromatic N) is 2. The Morgan fingerprint density at radius 1 is 0.727 bits per heavy atom. The standard InChI is InChI=1S/C21H20Br4N4O4/c22-14-6-12(20(32)16(24)8-14)10-26-28-18(30)4-2-1-3-5-19(31)29-27-11-13-7-15(23)9-17(25)21(13)33/h6-11,32-33H,1-5H2,(H,28,30)(H,29,31). The molecule has 0 saturated carbocycles. The van der Waals surface area contributed by atoms with Crippen molar-refractivity contribution in [1.82, 2.24) is 10.9 Å². The molecular weight excluding hydrogens is 692 g/mol. The van der Waals surface area contributed by atoms with Gasteiger partial charge in [0, 0.05) is 32.9 Å². The van der Waals surface area contributed by atoms with Gasteiger partial charge in [-0.15, -0.1) is 0 Å². The van der Waals surface area contributed by atoms with Crippen LogP contribution in [0.25, 0.3) is 0 Å². The number of unbranched alkanes of at least 4 members (excludes halogenated alkanes) is 2. The van der Waals surface area contributed by atoms with E-state index in [2.05, 4.69) is 84.8 Å². The van der Waals surface area contributed by atoms with Crippen molar-refractivity contribution in [2.24, 2.45) is 10.2 Å². The molecule has 0 aromatic heterocycles. The van der Waals surface area contributed by atoms with Gasteiger partial charge in [-0.25, -0.2) is 10.9 Å². The van der Waals surface area contributed by atoms with E-state index in [4.69, 9.17) is 0 Å². The number of rotatable bonds is 10. The minimum absolute atomic E-state index is 0.0279. The number of benzene rings is 2. The maximum Gasteiger partial charge on any atom is 0.240 e. The molecule has 8 nitrogen and oxygen atoms in total. The van der Waals surface area contributed by atoms with E-state index in [-0.39, 0.29) is 36.2 Å². The highest BCUT2D eigenvalue weighted by Gasteiger charge is 2.07. The number of phenols is 2. The Morgan fingerprint density at radius 3 is 1.52 bits per heavy atom. The number of carbonyl (C=O) groups excluding carboxylic acids is 2. The molecule has 2 aromatic rings. The predicted molar refractivity (Wildman–Crippen MR) is 142 cm³/mol. The second-order valence-corrected chi connectivity index (χ2v) is 10.3. The molecule has 0 spiro atoms. The maximum absolute atomic E-state index is 11.9. The molecule has 0 radical (unpaired) electrons. The van der Waals surface area contributed by atoms with Crippen LogP contribution in [0.15, 0.2) is 52.4 Å². The number of nitrogens with one attached hydrogen (secondary N) is 2. The van der Waals surface area contributed by atoms with E-state index in [0.717, 1.165) is 8.95 Å². The number of aromatic hydroxyl groups is 2. The zero-order valence-electron chi connectivity index (χ0n) is 17.1. The molecule has 0 fully saturated rings. The van der Waals surface area contributed by atoms with E-state index in [0.29, 0.717) is 39.3 Å². The van der Waals surface area contributed by atoms with Gasteiger partial charge < -0.3 is 10.2 Å². The fraction of sp³-hybridized carbons (Fsp3) is 0.238. The zero-order valence-corrected chi connectivity index (χ0v) is 23.5. The lowest BCUT2D eigenvalue weighted by Gasteiger charge is -2.04. The highest BCUT2D eigenvalue weighted by atomic mass is 79.9. The molecule has 0 aliphatic rings. The molecule has 0 heterocycles. The highest BCUT2D eigenvalue weighted by molar-refractivity contribution is 9.11. The average Bonchev–Trinajstić information content (AvgIpc) is 2.74. The summed E-state index contributed by atoms with van der Waals surface area (Å²) in [6.07, 6.45) is 5.15. The van der Waals surface area contributed by atoms with Gasteiger partial charge in [0.2, 0.25) is 11.8 Å². The summed E-state index contributed by atoms with van der Waals surface area (Å²) in [6, 6.07) is 6.74. The number of phenolic OH excluding ortho intramolecular Hbond substituents is 2. The summed E-state index contributed by atoms with van der Waals surface area (Å²) in [6.45, 7) is 0. The second-order valence-electron chi connectivity index (χ2n) is 6.80. The van der Waals surface area contributed by atoms with E-state index in [1.807, 2.05) is 0 Å². The van der Waals surface area contributed by atoms with Crippen LogP contribution >= 0.6 is 63.7 Å². The normalized spacial score (nSPS) is 11.3. The molecule has 0 unspecified atom stereocenters. The van der Waals surface area contributed by atoms with Crippen molar-refractivity contribution in [2.75, 3.05) is 0 Å². The van der Waals surface area contributed by atoms with Crippen molar-refractivity contribution < 1.29 is 19.8 Å². The van der Waals surface area contributed by atoms with Crippen molar-refractivity contribution in [3.63, 3.8) is 0 Å². The first-order chi connectivity index (χ1) is 15.7. The van der Waals surface area contributed by atoms with Gasteiger partial charge >= 0.3 is 0 Å². The highest BCUT2D eigenvalue weighted by Crippen LogP contribution is 2.31. The minimum atomic E-state index is -0.256. The van der Waals surface area contributed by atoms with Crippen molar-refractivity contribution in [1.29, 1.82) is 0 Å². The van der Waals surface area contributed by atoms with Gasteiger partial charge in [-0.05, 0) is 69.0 Å². The fourth-order valence-electron chi connectivity index (χ4n) is 2.58. The summed E-state index contributed by atoms with van der Waals surface area (Å²) in [5.41, 5.74) is 5.74. The summed E-state index contributed by atoms with van der Waals surface area (Å²) in [7, 11) is 0. The first kappa shape index (κ1) is 27.5. The largest absolute Gasteiger partial charge is 0.506 e. The summed E-state index contributed by atoms with van der Waals surface area (Å²) >= 11 is 13.1. The van der Waals surface area contributed by atoms with Gasteiger partial charge in [0.25, 0.3) is 0 Å². The molecule has 176 valence electrons. The summed E-state index contributed by atoms with van der Waals surface area (Å²) in [5, 5.41) is 27.6. The van der Waals surface area contributed by atoms with Crippen LogP contribution in [-0.4, -0.2) is 34.5 Å². The average molecular weight is 712 g/mol. The van der Waals surface area contributed by atoms with Crippen LogP contribution in [0.1, 0.15) is 43.2 Å². The molecule has 2 aromatic carbocycles. The van der Waals surface area contributed by atoms with Gasteiger partial charge in [-0.2, -0.15) is 10.2 Å². The lowest BCUT2D eigenvalue weighted by Crippen LogP contribution is -2.18. The monoisotopic (exact) mass is 708 g/mol. The van der Waals surface area contributed by atoms with E-state index in [9.17, 15) is 19.8 Å². The van der Waals surface area contributed by atoms with Crippen molar-refractivity contribution in [2.45, 2.75) is 32.1 Å². The Kier molecular flexibility index (Phi) is 11.5. The van der Waals surface area contributed by atoms with Crippen LogP contribution < -0.4 is 10.9 Å². The summed E-state index contributed by atoms with van der Waals surface area (Å²) in [5.74, 6) is -0.456. The lowest BCUT2D eigenvalue weighted by atomic mass is 10.1. The Hall–Kier alpha value is -1.76. The summed E-state index contributed by atoms with van der Waals surface area (Å²) < 4.78 is 2.54. The quantitative estimate of drug-likeness (QED) is 0.144. The number of hydrogen-bond donors (Lipinski definition) is 4. The van der Waals surface area contributed by atoms with Crippen molar-refractivity contribution in [3.05, 3.63) is 53.3 Å². The molecule has 12 heteroatoms. The van der Waals surface area contributed by atoms with Gasteiger partial charge in [0.05, 0.1) is 21.4 Å². The molecule has 33 heavy (non-hydrogen) atoms. The lowest BCUT2D eigenvalue weighted by molar-refractivity contribution is -0.121. The van der Waals surface area contributed by atoms with Gasteiger partial charge in [0.1, 0.15) is 11.5 Å². The Labute approximate surface area is 224 Å². The molecule has 0 aliphatic carbocycles. The third kappa shape index (κ3) is 9.55. The summed E-state index contributed by atoms with van der Waals surface area (Å²) in [4.78, 5) is 23.7. The Bertz CT molecular complexity index is 993. The minimum Gasteiger partial charge on any atom is -0.506 e. The third-order valence-electron chi connectivity index (χ3n) is 4.21. The molecule has 0 saturated heterocycles. The van der Waals surface area contributed by atoms with Crippen LogP contribution in [0.4, 0.5) is 0 Å². The molecule has 0 bridgehead atoms. The Morgan fingerprint density at radius 2 is 1.12 bits per heavy atom. The van der Waals surface area contributed by atoms with Crippen LogP contribution in [0.5, 0.6) is 11.5 Å². The SMILES string of the molecule is O=C(CCCCCC(=O)NN=Cc1cc(Br)cc(Br)c1O)NN=Cc1cc(Br)cc(Br)c1O. The zero-order chi connectivity index (χ0) is 24.4. The van der Waals surface area contributed by atoms with Gasteiger partial charge in [-0.3, -0.25) is 9.59 Å². The van der Waals surface area contributed by atoms with Crippen molar-refractivity contribution in [3.8, 4) is 11.5 Å². The topological polar surface area (TPSA) is 123 Å². The van der Waals surface area contributed by atoms with Crippen LogP contribution in [0.2, 0.25) is 0 Å². The third-order valence-corrected chi connectivity index (χ3v) is 6.33. The van der Waals surface area contributed by atoms with Crippen LogP contribution in [0.3, 0.4) is 0 Å². The van der Waals surface area contributed by atoms with E-state index in [1.54, 1.807) is 24.3 Å². The predicted octanol–water partition coefficient (Wildman–Crippen LogP) is 5.70. The number of hydrogen-bond acceptors (Lipinski definition) is 6. The molecular formula is C21H20Br4N4O4. The number of halogens is 4. The molecule has 2 rings (SSSR count). The van der Waals surface area contributed by atoms with Gasteiger partial charge in [0.15, 0.2) is 0 Å². The number of carbonyl (C=O) groups is 2. The molecule has 4 N–H and O–H groups in total. The van der Waals surface area contributed by atoms with E-state index in [1.165, 1.54) is 12.4 Å². The first-order valence-corrected chi connectivity index (χ1v) is 12.8. The molecule has 0 atom stereocenters. The maximum atomic E-state index is 11.9. The smallest absolute Gasteiger partial charge is 0.240 e. The van der Waals surface area contributed by atoms with E-state index < -0.39 is 0 Å². The Balaban J connectivity index is 1.64. The second kappa shape index (κ2) is 13.8. The molecule has 0 aliphatic heterocycles. The van der Waals surface area contributed by atoms with Crippen LogP contribution in [0, 0.1) is 0 Å². The molecule has 2 amide bonds.